The van der Waals surface area contributed by atoms with Gasteiger partial charge in [0.05, 0.1) is 27.5 Å². The number of hydrogen-bond acceptors (Lipinski definition) is 8. The van der Waals surface area contributed by atoms with E-state index in [1.807, 2.05) is 12.1 Å². The molecule has 4 aromatic rings. The third-order valence-corrected chi connectivity index (χ3v) is 12.4. The van der Waals surface area contributed by atoms with Crippen LogP contribution in [0, 0.1) is 46.6 Å². The normalized spacial score (nSPS) is 28.1. The second-order valence-electron chi connectivity index (χ2n) is 12.1. The van der Waals surface area contributed by atoms with Crippen LogP contribution in [0.1, 0.15) is 33.9 Å². The number of fused-ring (bicyclic) bond motifs is 9. The maximum atomic E-state index is 13.9. The van der Waals surface area contributed by atoms with E-state index in [0.717, 1.165) is 33.2 Å². The lowest BCUT2D eigenvalue weighted by atomic mass is 9.68. The fourth-order valence-electron chi connectivity index (χ4n) is 7.99. The van der Waals surface area contributed by atoms with Crippen LogP contribution in [0.25, 0.3) is 0 Å². The molecule has 9 nitrogen and oxygen atoms in total. The Morgan fingerprint density at radius 2 is 1.61 bits per heavy atom. The van der Waals surface area contributed by atoms with Gasteiger partial charge in [-0.15, -0.1) is 11.8 Å². The number of nitro groups is 1. The molecule has 1 aromatic heterocycles. The van der Waals surface area contributed by atoms with Crippen molar-refractivity contribution in [3.05, 3.63) is 114 Å². The van der Waals surface area contributed by atoms with Gasteiger partial charge in [-0.05, 0) is 66.5 Å². The van der Waals surface area contributed by atoms with Crippen LogP contribution in [-0.2, 0) is 16.2 Å². The van der Waals surface area contributed by atoms with Crippen molar-refractivity contribution in [2.24, 2.45) is 29.6 Å². The lowest BCUT2D eigenvalue weighted by Gasteiger charge is -2.43. The number of nitrogens with zero attached hydrogens (tertiary/aromatic N) is 2. The van der Waals surface area contributed by atoms with Gasteiger partial charge in [-0.25, -0.2) is 0 Å². The number of amides is 2. The topological polar surface area (TPSA) is 123 Å². The first-order chi connectivity index (χ1) is 21.3. The van der Waals surface area contributed by atoms with E-state index in [0.29, 0.717) is 12.3 Å². The maximum Gasteiger partial charge on any atom is 0.305 e. The molecule has 11 heteroatoms. The zero-order valence-electron chi connectivity index (χ0n) is 23.5. The molecule has 7 atom stereocenters. The van der Waals surface area contributed by atoms with Crippen LogP contribution in [0.5, 0.6) is 5.75 Å². The summed E-state index contributed by atoms with van der Waals surface area (Å²) in [5.74, 6) is -0.597. The minimum absolute atomic E-state index is 0.00401. The number of ether oxygens (including phenoxy) is 1. The van der Waals surface area contributed by atoms with Crippen LogP contribution in [-0.4, -0.2) is 27.0 Å². The second kappa shape index (κ2) is 10.2. The van der Waals surface area contributed by atoms with Crippen LogP contribution < -0.4 is 14.5 Å². The summed E-state index contributed by atoms with van der Waals surface area (Å²) in [5.41, 5.74) is 3.63. The van der Waals surface area contributed by atoms with Gasteiger partial charge in [-0.2, -0.15) is 0 Å². The number of non-ortho nitro benzene ring substituents is 1. The molecular weight excluding hydrogens is 599 g/mol. The van der Waals surface area contributed by atoms with Gasteiger partial charge in [0.2, 0.25) is 11.8 Å². The van der Waals surface area contributed by atoms with Crippen LogP contribution in [0.3, 0.4) is 0 Å². The third kappa shape index (κ3) is 4.16. The van der Waals surface area contributed by atoms with E-state index in [1.54, 1.807) is 11.8 Å². The van der Waals surface area contributed by atoms with Crippen molar-refractivity contribution >= 4 is 46.3 Å². The molecule has 2 saturated carbocycles. The number of H-pyrrole nitrogens is 1. The molecule has 1 saturated heterocycles. The lowest BCUT2D eigenvalue weighted by Crippen LogP contribution is -2.42. The molecule has 222 valence electrons. The predicted octanol–water partition coefficient (Wildman–Crippen LogP) is 5.91. The Balaban J connectivity index is 1.10. The number of imide groups is 1. The summed E-state index contributed by atoms with van der Waals surface area (Å²) in [4.78, 5) is 56.1. The van der Waals surface area contributed by atoms with Gasteiger partial charge >= 0.3 is 4.87 Å². The zero-order chi connectivity index (χ0) is 30.3. The van der Waals surface area contributed by atoms with Crippen molar-refractivity contribution in [3.63, 3.8) is 0 Å². The van der Waals surface area contributed by atoms with Gasteiger partial charge in [0.1, 0.15) is 12.4 Å². The van der Waals surface area contributed by atoms with Crippen LogP contribution >= 0.6 is 23.1 Å². The number of nitrogens with one attached hydrogen (secondary N) is 1. The summed E-state index contributed by atoms with van der Waals surface area (Å²) < 4.78 is 6.06. The Labute approximate surface area is 260 Å². The number of carbonyl (C=O) groups is 2. The molecule has 0 radical (unpaired) electrons. The molecule has 2 amide bonds. The van der Waals surface area contributed by atoms with Crippen LogP contribution in [0.2, 0.25) is 0 Å². The van der Waals surface area contributed by atoms with Gasteiger partial charge in [0, 0.05) is 28.2 Å². The average Bonchev–Trinajstić information content (AvgIpc) is 3.76. The number of thiazole rings is 1. The number of aromatic amines is 1. The molecule has 3 aromatic carbocycles. The first kappa shape index (κ1) is 27.3. The van der Waals surface area contributed by atoms with E-state index in [9.17, 15) is 24.5 Å². The standard InChI is InChI=1S/C33H27N3O6S2/c1-16-2-4-17(5-3-16)15-42-21-12-6-18(7-13-21)24-25-22-14-23(28(25)43-30-29(24)44-33(39)34-30)27-26(22)31(37)35(32(27)38)19-8-10-20(11-9-19)36(40)41/h2-13,22-28H,14-15H2,1H3,(H,34,39)/t22-,23-,24+,25+,26+,27+,28-/m1/s1. The number of aryl methyl sites for hydroxylation is 1. The molecule has 2 aliphatic heterocycles. The van der Waals surface area contributed by atoms with Crippen molar-refractivity contribution in [2.45, 2.75) is 36.1 Å². The SMILES string of the molecule is Cc1ccc(COc2ccc([C@@H]3c4sc(=O)[nH]c4S[C@@H]4[C@@H]5C[C@@H]([C@@H]6C(=O)N(c7ccc([N+](=O)[O-])cc7)C(=O)[C@@H]56)[C@@H]34)cc2)cc1. The fourth-order valence-corrected chi connectivity index (χ4v) is 10.9. The summed E-state index contributed by atoms with van der Waals surface area (Å²) in [6.45, 7) is 2.51. The quantitative estimate of drug-likeness (QED) is 0.161. The maximum absolute atomic E-state index is 13.9. The average molecular weight is 626 g/mol. The minimum Gasteiger partial charge on any atom is -0.489 e. The number of rotatable bonds is 6. The number of thioether (sulfide) groups is 1. The van der Waals surface area contributed by atoms with Gasteiger partial charge in [-0.1, -0.05) is 53.3 Å². The Bertz CT molecular complexity index is 1870. The van der Waals surface area contributed by atoms with E-state index in [2.05, 4.69) is 48.3 Å². The van der Waals surface area contributed by atoms with Crippen molar-refractivity contribution in [2.75, 3.05) is 4.90 Å². The van der Waals surface area contributed by atoms with E-state index < -0.39 is 16.8 Å². The molecule has 44 heavy (non-hydrogen) atoms. The number of nitro benzene ring substituents is 1. The van der Waals surface area contributed by atoms with Crippen LogP contribution in [0.4, 0.5) is 11.4 Å². The van der Waals surface area contributed by atoms with Crippen molar-refractivity contribution in [1.82, 2.24) is 4.98 Å². The molecule has 2 aliphatic carbocycles. The summed E-state index contributed by atoms with van der Waals surface area (Å²) in [6.07, 6.45) is 0.788. The van der Waals surface area contributed by atoms with Crippen molar-refractivity contribution in [1.29, 1.82) is 0 Å². The molecule has 0 unspecified atom stereocenters. The Morgan fingerprint density at radius 1 is 0.932 bits per heavy atom. The van der Waals surface area contributed by atoms with Gasteiger partial charge < -0.3 is 9.72 Å². The highest BCUT2D eigenvalue weighted by atomic mass is 32.2. The fraction of sp³-hybridized carbons (Fsp3) is 0.303. The molecule has 0 spiro atoms. The van der Waals surface area contributed by atoms with E-state index >= 15 is 0 Å². The van der Waals surface area contributed by atoms with Gasteiger partial charge in [0.25, 0.3) is 5.69 Å². The summed E-state index contributed by atoms with van der Waals surface area (Å²) in [5, 5.41) is 12.1. The molecule has 2 bridgehead atoms. The highest BCUT2D eigenvalue weighted by Crippen LogP contribution is 2.68. The van der Waals surface area contributed by atoms with Gasteiger partial charge in [0.15, 0.2) is 0 Å². The lowest BCUT2D eigenvalue weighted by molar-refractivity contribution is -0.384. The van der Waals surface area contributed by atoms with Crippen molar-refractivity contribution < 1.29 is 19.2 Å². The highest BCUT2D eigenvalue weighted by Gasteiger charge is 2.69. The van der Waals surface area contributed by atoms with Gasteiger partial charge in [-0.3, -0.25) is 29.4 Å². The van der Waals surface area contributed by atoms with Crippen molar-refractivity contribution in [3.8, 4) is 5.75 Å². The Kier molecular flexibility index (Phi) is 6.32. The smallest absolute Gasteiger partial charge is 0.305 e. The number of anilines is 1. The first-order valence-electron chi connectivity index (χ1n) is 14.6. The van der Waals surface area contributed by atoms with E-state index in [4.69, 9.17) is 4.74 Å². The molecule has 3 fully saturated rings. The number of carbonyl (C=O) groups excluding carboxylic acids is 2. The summed E-state index contributed by atoms with van der Waals surface area (Å²) in [6, 6.07) is 21.9. The van der Waals surface area contributed by atoms with E-state index in [-0.39, 0.29) is 51.3 Å². The molecule has 8 rings (SSSR count). The summed E-state index contributed by atoms with van der Waals surface area (Å²) in [7, 11) is 0. The minimum atomic E-state index is -0.500. The van der Waals surface area contributed by atoms with E-state index in [1.165, 1.54) is 46.1 Å². The first-order valence-corrected chi connectivity index (χ1v) is 16.3. The zero-order valence-corrected chi connectivity index (χ0v) is 25.2. The highest BCUT2D eigenvalue weighted by molar-refractivity contribution is 8.00. The monoisotopic (exact) mass is 625 g/mol. The number of aromatic nitrogens is 1. The Hall–Kier alpha value is -4.22. The largest absolute Gasteiger partial charge is 0.489 e. The molecule has 1 N–H and O–H groups in total. The number of benzene rings is 3. The number of hydrogen-bond donors (Lipinski definition) is 1. The Morgan fingerprint density at radius 3 is 2.30 bits per heavy atom. The third-order valence-electron chi connectivity index (χ3n) is 9.81. The molecular formula is C33H27N3O6S2. The van der Waals surface area contributed by atoms with Crippen LogP contribution in [0.15, 0.2) is 82.6 Å². The second-order valence-corrected chi connectivity index (χ2v) is 14.3. The summed E-state index contributed by atoms with van der Waals surface area (Å²) >= 11 is 2.88. The molecule has 3 heterocycles. The molecule has 4 aliphatic rings. The predicted molar refractivity (Wildman–Crippen MR) is 166 cm³/mol.